The Morgan fingerprint density at radius 2 is 1.54 bits per heavy atom. The van der Waals surface area contributed by atoms with E-state index in [1.54, 1.807) is 74.5 Å². The van der Waals surface area contributed by atoms with Crippen molar-refractivity contribution >= 4 is 35.6 Å². The van der Waals surface area contributed by atoms with Crippen LogP contribution in [0, 0.1) is 0 Å². The van der Waals surface area contributed by atoms with E-state index in [-0.39, 0.29) is 6.54 Å². The largest absolute Gasteiger partial charge is 0.347 e. The summed E-state index contributed by atoms with van der Waals surface area (Å²) in [7, 11) is 0. The molecule has 0 bridgehead atoms. The number of urea groups is 2. The fourth-order valence-electron chi connectivity index (χ4n) is 4.17. The van der Waals surface area contributed by atoms with E-state index in [0.717, 1.165) is 5.56 Å². The van der Waals surface area contributed by atoms with Gasteiger partial charge in [-0.2, -0.15) is 10.2 Å². The molecule has 0 radical (unpaired) electrons. The van der Waals surface area contributed by atoms with Crippen LogP contribution in [0.4, 0.5) is 21.0 Å². The van der Waals surface area contributed by atoms with Crippen LogP contribution in [0.1, 0.15) is 19.4 Å². The number of rotatable bonds is 7. The van der Waals surface area contributed by atoms with E-state index in [4.69, 9.17) is 0 Å². The first-order valence-corrected chi connectivity index (χ1v) is 11.7. The van der Waals surface area contributed by atoms with Crippen molar-refractivity contribution in [2.45, 2.75) is 25.6 Å². The van der Waals surface area contributed by atoms with Gasteiger partial charge in [0.05, 0.1) is 11.8 Å². The van der Waals surface area contributed by atoms with Crippen molar-refractivity contribution in [1.82, 2.24) is 15.4 Å². The van der Waals surface area contributed by atoms with Gasteiger partial charge in [-0.05, 0) is 43.7 Å². The summed E-state index contributed by atoms with van der Waals surface area (Å²) in [5, 5.41) is 18.1. The van der Waals surface area contributed by atoms with Crippen molar-refractivity contribution in [3.05, 3.63) is 96.6 Å². The lowest BCUT2D eigenvalue weighted by Gasteiger charge is -2.38. The smallest absolute Gasteiger partial charge is 0.306 e. The highest BCUT2D eigenvalue weighted by Crippen LogP contribution is 2.37. The second kappa shape index (κ2) is 10.9. The average molecular weight is 501 g/mol. The van der Waals surface area contributed by atoms with E-state index >= 15 is 0 Å². The van der Waals surface area contributed by atoms with Gasteiger partial charge in [-0.1, -0.05) is 66.7 Å². The third-order valence-electron chi connectivity index (χ3n) is 6.01. The summed E-state index contributed by atoms with van der Waals surface area (Å²) >= 11 is 0. The van der Waals surface area contributed by atoms with Gasteiger partial charge in [0.15, 0.2) is 6.17 Å². The van der Waals surface area contributed by atoms with E-state index in [2.05, 4.69) is 15.8 Å². The van der Waals surface area contributed by atoms with Gasteiger partial charge in [0.2, 0.25) is 0 Å². The molecule has 0 saturated carbocycles. The molecule has 37 heavy (non-hydrogen) atoms. The van der Waals surface area contributed by atoms with Crippen LogP contribution in [0.3, 0.4) is 0 Å². The number of hydroxylamine groups is 2. The van der Waals surface area contributed by atoms with Gasteiger partial charge in [0.1, 0.15) is 6.54 Å². The van der Waals surface area contributed by atoms with Gasteiger partial charge < -0.3 is 10.2 Å². The maximum atomic E-state index is 13.6. The van der Waals surface area contributed by atoms with Gasteiger partial charge in [-0.3, -0.25) is 14.9 Å². The van der Waals surface area contributed by atoms with Gasteiger partial charge in [0.25, 0.3) is 5.91 Å². The first kappa shape index (κ1) is 25.4. The lowest BCUT2D eigenvalue weighted by Crippen LogP contribution is -2.58. The molecule has 1 aliphatic rings. The third-order valence-corrected chi connectivity index (χ3v) is 6.01. The van der Waals surface area contributed by atoms with Crippen molar-refractivity contribution in [2.75, 3.05) is 16.8 Å². The quantitative estimate of drug-likeness (QED) is 0.257. The topological polar surface area (TPSA) is 118 Å². The molecule has 3 N–H and O–H groups in total. The molecule has 3 aromatic carbocycles. The van der Waals surface area contributed by atoms with E-state index in [9.17, 15) is 19.6 Å². The van der Waals surface area contributed by atoms with Crippen LogP contribution in [0.15, 0.2) is 96.1 Å². The molecule has 5 amide bonds. The lowest BCUT2D eigenvalue weighted by atomic mass is 9.99. The number of nitrogens with one attached hydrogen (secondary N) is 2. The predicted molar refractivity (Wildman–Crippen MR) is 140 cm³/mol. The summed E-state index contributed by atoms with van der Waals surface area (Å²) in [5.74, 6) is -0.527. The second-order valence-electron chi connectivity index (χ2n) is 8.95. The van der Waals surface area contributed by atoms with Crippen LogP contribution in [0.25, 0.3) is 0 Å². The molecule has 1 heterocycles. The molecule has 1 aliphatic heterocycles. The van der Waals surface area contributed by atoms with Crippen molar-refractivity contribution < 1.29 is 19.6 Å². The predicted octanol–water partition coefficient (Wildman–Crippen LogP) is 4.11. The number of benzene rings is 3. The van der Waals surface area contributed by atoms with Gasteiger partial charge >= 0.3 is 12.1 Å². The van der Waals surface area contributed by atoms with E-state index in [0.29, 0.717) is 16.4 Å². The zero-order valence-electron chi connectivity index (χ0n) is 20.5. The van der Waals surface area contributed by atoms with Crippen molar-refractivity contribution in [2.24, 2.45) is 5.10 Å². The molecule has 0 aliphatic carbocycles. The standard InChI is InChI=1S/C27H28N6O4/c1-27(2)24(33(37)25(35)29-21-14-8-4-9-15-21)32(22-16-10-5-11-17-22)26(36)31(27)19-23(34)30-28-18-20-12-6-3-7-13-20/h3-18,24,37H,19H2,1-2H3,(H,29,35)(H,30,34)/b28-18-. The van der Waals surface area contributed by atoms with Crippen molar-refractivity contribution in [3.63, 3.8) is 0 Å². The molecule has 1 unspecified atom stereocenters. The minimum atomic E-state index is -1.17. The summed E-state index contributed by atoms with van der Waals surface area (Å²) in [6, 6.07) is 25.2. The second-order valence-corrected chi connectivity index (χ2v) is 8.95. The number of hydrazone groups is 1. The molecule has 10 nitrogen and oxygen atoms in total. The monoisotopic (exact) mass is 500 g/mol. The Kier molecular flexibility index (Phi) is 7.49. The minimum Gasteiger partial charge on any atom is -0.306 e. The molecular weight excluding hydrogens is 472 g/mol. The van der Waals surface area contributed by atoms with Crippen LogP contribution < -0.4 is 15.6 Å². The molecular formula is C27H28N6O4. The zero-order valence-corrected chi connectivity index (χ0v) is 20.5. The maximum absolute atomic E-state index is 13.6. The van der Waals surface area contributed by atoms with Gasteiger partial charge in [-0.15, -0.1) is 0 Å². The Bertz CT molecular complexity index is 1270. The Morgan fingerprint density at radius 1 is 0.973 bits per heavy atom. The Hall–Kier alpha value is -4.70. The average Bonchev–Trinajstić information content (AvgIpc) is 3.10. The summed E-state index contributed by atoms with van der Waals surface area (Å²) in [5.41, 5.74) is 3.00. The molecule has 3 aromatic rings. The Balaban J connectivity index is 1.57. The summed E-state index contributed by atoms with van der Waals surface area (Å²) in [4.78, 5) is 41.9. The molecule has 1 saturated heterocycles. The van der Waals surface area contributed by atoms with Crippen LogP contribution >= 0.6 is 0 Å². The SMILES string of the molecule is CC1(C)C(N(O)C(=O)Nc2ccccc2)N(c2ccccc2)C(=O)N1CC(=O)N/N=C\c1ccccc1. The molecule has 10 heteroatoms. The third kappa shape index (κ3) is 5.60. The molecule has 190 valence electrons. The number of para-hydroxylation sites is 2. The summed E-state index contributed by atoms with van der Waals surface area (Å²) in [6.07, 6.45) is 0.351. The number of amides is 5. The molecule has 4 rings (SSSR count). The van der Waals surface area contributed by atoms with Crippen molar-refractivity contribution in [3.8, 4) is 0 Å². The zero-order chi connectivity index (χ0) is 26.4. The van der Waals surface area contributed by atoms with E-state index in [1.807, 2.05) is 30.3 Å². The maximum Gasteiger partial charge on any atom is 0.347 e. The highest BCUT2D eigenvalue weighted by atomic mass is 16.5. The number of anilines is 2. The molecule has 1 fully saturated rings. The number of hydrogen-bond donors (Lipinski definition) is 3. The van der Waals surface area contributed by atoms with Crippen LogP contribution in [0.2, 0.25) is 0 Å². The fourth-order valence-corrected chi connectivity index (χ4v) is 4.17. The molecule has 0 aromatic heterocycles. The molecule has 1 atom stereocenters. The number of carbonyl (C=O) groups is 3. The highest BCUT2D eigenvalue weighted by molar-refractivity contribution is 6.00. The molecule has 0 spiro atoms. The number of nitrogens with zero attached hydrogens (tertiary/aromatic N) is 4. The highest BCUT2D eigenvalue weighted by Gasteiger charge is 2.56. The van der Waals surface area contributed by atoms with Gasteiger partial charge in [-0.25, -0.2) is 15.0 Å². The fraction of sp³-hybridized carbons (Fsp3) is 0.185. The van der Waals surface area contributed by atoms with Gasteiger partial charge in [0, 0.05) is 11.4 Å². The first-order valence-electron chi connectivity index (χ1n) is 11.7. The Morgan fingerprint density at radius 3 is 2.16 bits per heavy atom. The van der Waals surface area contributed by atoms with Crippen LogP contribution in [-0.4, -0.2) is 57.6 Å². The van der Waals surface area contributed by atoms with E-state index in [1.165, 1.54) is 16.0 Å². The minimum absolute atomic E-state index is 0.341. The van der Waals surface area contributed by atoms with Crippen LogP contribution in [-0.2, 0) is 4.79 Å². The van der Waals surface area contributed by atoms with Crippen LogP contribution in [0.5, 0.6) is 0 Å². The first-order chi connectivity index (χ1) is 17.8. The number of carbonyl (C=O) groups excluding carboxylic acids is 3. The van der Waals surface area contributed by atoms with Crippen molar-refractivity contribution in [1.29, 1.82) is 0 Å². The normalized spacial score (nSPS) is 16.6. The lowest BCUT2D eigenvalue weighted by molar-refractivity contribution is -0.124. The number of hydrogen-bond acceptors (Lipinski definition) is 5. The Labute approximate surface area is 214 Å². The van der Waals surface area contributed by atoms with E-state index < -0.39 is 29.7 Å². The summed E-state index contributed by atoms with van der Waals surface area (Å²) in [6.45, 7) is 3.02. The summed E-state index contributed by atoms with van der Waals surface area (Å²) < 4.78 is 0.